The number of aromatic nitrogens is 2. The molecule has 88 valence electrons. The average Bonchev–Trinajstić information content (AvgIpc) is 2.15. The van der Waals surface area contributed by atoms with E-state index in [2.05, 4.69) is 22.2 Å². The summed E-state index contributed by atoms with van der Waals surface area (Å²) in [5.74, 6) is 0.789. The highest BCUT2D eigenvalue weighted by atomic mass is 15.1. The highest BCUT2D eigenvalue weighted by molar-refractivity contribution is 5.28. The fourth-order valence-corrected chi connectivity index (χ4v) is 2.40. The second-order valence-electron chi connectivity index (χ2n) is 5.03. The van der Waals surface area contributed by atoms with Crippen LogP contribution in [0.15, 0.2) is 6.07 Å². The van der Waals surface area contributed by atoms with E-state index >= 15 is 0 Å². The van der Waals surface area contributed by atoms with Crippen molar-refractivity contribution in [2.24, 2.45) is 5.41 Å². The van der Waals surface area contributed by atoms with Gasteiger partial charge in [-0.1, -0.05) is 13.3 Å². The molecule has 0 spiro atoms. The predicted molar refractivity (Wildman–Crippen MR) is 66.6 cm³/mol. The van der Waals surface area contributed by atoms with Crippen LogP contribution in [0, 0.1) is 19.3 Å². The lowest BCUT2D eigenvalue weighted by atomic mass is 9.67. The summed E-state index contributed by atoms with van der Waals surface area (Å²) in [6.45, 7) is 7.33. The molecule has 2 rings (SSSR count). The normalized spacial score (nSPS) is 17.9. The Morgan fingerprint density at radius 1 is 1.25 bits per heavy atom. The Bertz CT molecular complexity index is 344. The van der Waals surface area contributed by atoms with Crippen molar-refractivity contribution in [3.63, 3.8) is 0 Å². The number of hydrogen-bond donors (Lipinski definition) is 1. The first kappa shape index (κ1) is 11.4. The van der Waals surface area contributed by atoms with Gasteiger partial charge in [0, 0.05) is 17.9 Å². The van der Waals surface area contributed by atoms with Crippen LogP contribution in [0.2, 0.25) is 0 Å². The van der Waals surface area contributed by atoms with Gasteiger partial charge >= 0.3 is 0 Å². The van der Waals surface area contributed by atoms with Gasteiger partial charge < -0.3 is 5.32 Å². The van der Waals surface area contributed by atoms with Gasteiger partial charge in [0.2, 0.25) is 5.95 Å². The minimum absolute atomic E-state index is 0.515. The number of hydrogen-bond acceptors (Lipinski definition) is 3. The summed E-state index contributed by atoms with van der Waals surface area (Å²) in [6, 6.07) is 2.00. The monoisotopic (exact) mass is 219 g/mol. The highest BCUT2D eigenvalue weighted by Gasteiger charge is 2.34. The molecule has 0 radical (unpaired) electrons. The Morgan fingerprint density at radius 2 is 1.88 bits per heavy atom. The standard InChI is InChI=1S/C13H21N3/c1-4-13(6-5-7-13)9-14-12-15-10(2)8-11(3)16-12/h8H,4-7,9H2,1-3H3,(H,14,15,16). The first-order valence-corrected chi connectivity index (χ1v) is 6.20. The molecule has 0 bridgehead atoms. The summed E-state index contributed by atoms with van der Waals surface area (Å²) in [5, 5.41) is 3.40. The second kappa shape index (κ2) is 4.40. The molecule has 1 N–H and O–H groups in total. The van der Waals surface area contributed by atoms with Gasteiger partial charge in [0.15, 0.2) is 0 Å². The van der Waals surface area contributed by atoms with Crippen LogP contribution in [-0.2, 0) is 0 Å². The highest BCUT2D eigenvalue weighted by Crippen LogP contribution is 2.43. The summed E-state index contributed by atoms with van der Waals surface area (Å²) in [6.07, 6.45) is 5.33. The quantitative estimate of drug-likeness (QED) is 0.845. The maximum absolute atomic E-state index is 4.41. The summed E-state index contributed by atoms with van der Waals surface area (Å²) >= 11 is 0. The zero-order valence-corrected chi connectivity index (χ0v) is 10.5. The van der Waals surface area contributed by atoms with Crippen molar-refractivity contribution in [3.8, 4) is 0 Å². The molecule has 1 heterocycles. The molecular weight excluding hydrogens is 198 g/mol. The summed E-state index contributed by atoms with van der Waals surface area (Å²) in [7, 11) is 0. The maximum Gasteiger partial charge on any atom is 0.223 e. The molecule has 0 atom stereocenters. The van der Waals surface area contributed by atoms with Crippen molar-refractivity contribution in [1.29, 1.82) is 0 Å². The molecule has 1 aliphatic carbocycles. The zero-order chi connectivity index (χ0) is 11.6. The average molecular weight is 219 g/mol. The van der Waals surface area contributed by atoms with Crippen molar-refractivity contribution in [2.75, 3.05) is 11.9 Å². The molecule has 3 nitrogen and oxygen atoms in total. The molecule has 0 aromatic carbocycles. The van der Waals surface area contributed by atoms with E-state index in [1.807, 2.05) is 19.9 Å². The van der Waals surface area contributed by atoms with Gasteiger partial charge in [0.1, 0.15) is 0 Å². The Balaban J connectivity index is 1.98. The third kappa shape index (κ3) is 2.34. The topological polar surface area (TPSA) is 37.8 Å². The molecule has 0 amide bonds. The molecule has 16 heavy (non-hydrogen) atoms. The van der Waals surface area contributed by atoms with Crippen LogP contribution in [0.3, 0.4) is 0 Å². The Kier molecular flexibility index (Phi) is 3.13. The summed E-state index contributed by atoms with van der Waals surface area (Å²) < 4.78 is 0. The predicted octanol–water partition coefficient (Wildman–Crippen LogP) is 3.09. The number of rotatable bonds is 4. The lowest BCUT2D eigenvalue weighted by molar-refractivity contribution is 0.144. The third-order valence-electron chi connectivity index (χ3n) is 3.77. The van der Waals surface area contributed by atoms with Gasteiger partial charge in [-0.25, -0.2) is 9.97 Å². The minimum atomic E-state index is 0.515. The second-order valence-corrected chi connectivity index (χ2v) is 5.03. The third-order valence-corrected chi connectivity index (χ3v) is 3.77. The van der Waals surface area contributed by atoms with E-state index in [1.165, 1.54) is 25.7 Å². The molecule has 0 unspecified atom stereocenters. The smallest absolute Gasteiger partial charge is 0.223 e. The van der Waals surface area contributed by atoms with Gasteiger partial charge in [0.05, 0.1) is 0 Å². The van der Waals surface area contributed by atoms with Crippen LogP contribution in [0.25, 0.3) is 0 Å². The molecular formula is C13H21N3. The van der Waals surface area contributed by atoms with Crippen LogP contribution >= 0.6 is 0 Å². The van der Waals surface area contributed by atoms with Gasteiger partial charge in [-0.3, -0.25) is 0 Å². The molecule has 1 aromatic heterocycles. The van der Waals surface area contributed by atoms with Crippen LogP contribution in [0.5, 0.6) is 0 Å². The van der Waals surface area contributed by atoms with Crippen molar-refractivity contribution in [3.05, 3.63) is 17.5 Å². The van der Waals surface area contributed by atoms with Crippen LogP contribution in [0.1, 0.15) is 44.0 Å². The van der Waals surface area contributed by atoms with E-state index < -0.39 is 0 Å². The first-order chi connectivity index (χ1) is 7.63. The molecule has 1 fully saturated rings. The largest absolute Gasteiger partial charge is 0.354 e. The Labute approximate surface area is 97.7 Å². The summed E-state index contributed by atoms with van der Waals surface area (Å²) in [5.41, 5.74) is 2.59. The van der Waals surface area contributed by atoms with E-state index in [4.69, 9.17) is 0 Å². The number of anilines is 1. The fraction of sp³-hybridized carbons (Fsp3) is 0.692. The van der Waals surface area contributed by atoms with Gasteiger partial charge in [-0.15, -0.1) is 0 Å². The minimum Gasteiger partial charge on any atom is -0.354 e. The maximum atomic E-state index is 4.41. The Morgan fingerprint density at radius 3 is 2.31 bits per heavy atom. The lowest BCUT2D eigenvalue weighted by Gasteiger charge is -2.41. The summed E-state index contributed by atoms with van der Waals surface area (Å²) in [4.78, 5) is 8.82. The van der Waals surface area contributed by atoms with Crippen molar-refractivity contribution in [2.45, 2.75) is 46.5 Å². The fourth-order valence-electron chi connectivity index (χ4n) is 2.40. The van der Waals surface area contributed by atoms with Crippen LogP contribution in [0.4, 0.5) is 5.95 Å². The first-order valence-electron chi connectivity index (χ1n) is 6.20. The van der Waals surface area contributed by atoms with Gasteiger partial charge in [0.25, 0.3) is 0 Å². The number of nitrogens with zero attached hydrogens (tertiary/aromatic N) is 2. The molecule has 3 heteroatoms. The zero-order valence-electron chi connectivity index (χ0n) is 10.5. The molecule has 0 aliphatic heterocycles. The molecule has 1 aliphatic rings. The van der Waals surface area contributed by atoms with Crippen LogP contribution < -0.4 is 5.32 Å². The van der Waals surface area contributed by atoms with Crippen molar-refractivity contribution < 1.29 is 0 Å². The van der Waals surface area contributed by atoms with Crippen molar-refractivity contribution >= 4 is 5.95 Å². The molecule has 0 saturated heterocycles. The van der Waals surface area contributed by atoms with Crippen molar-refractivity contribution in [1.82, 2.24) is 9.97 Å². The number of aryl methyl sites for hydroxylation is 2. The van der Waals surface area contributed by atoms with Gasteiger partial charge in [-0.2, -0.15) is 0 Å². The van der Waals surface area contributed by atoms with E-state index in [9.17, 15) is 0 Å². The van der Waals surface area contributed by atoms with Crippen LogP contribution in [-0.4, -0.2) is 16.5 Å². The van der Waals surface area contributed by atoms with E-state index in [-0.39, 0.29) is 0 Å². The van der Waals surface area contributed by atoms with E-state index in [0.29, 0.717) is 5.41 Å². The van der Waals surface area contributed by atoms with E-state index in [0.717, 1.165) is 23.9 Å². The van der Waals surface area contributed by atoms with E-state index in [1.54, 1.807) is 0 Å². The Hall–Kier alpha value is -1.12. The lowest BCUT2D eigenvalue weighted by Crippen LogP contribution is -2.36. The molecule has 1 saturated carbocycles. The molecule has 1 aromatic rings. The van der Waals surface area contributed by atoms with Gasteiger partial charge in [-0.05, 0) is 44.6 Å². The number of nitrogens with one attached hydrogen (secondary N) is 1. The SMILES string of the molecule is CCC1(CNc2nc(C)cc(C)n2)CCC1.